The van der Waals surface area contributed by atoms with Gasteiger partial charge in [-0.25, -0.2) is 8.42 Å². The van der Waals surface area contributed by atoms with Crippen molar-refractivity contribution in [3.05, 3.63) is 94.5 Å². The van der Waals surface area contributed by atoms with Gasteiger partial charge in [0.05, 0.1) is 10.6 Å². The minimum absolute atomic E-state index is 0.0748. The third-order valence-corrected chi connectivity index (χ3v) is 8.23. The van der Waals surface area contributed by atoms with Crippen LogP contribution in [0.4, 0.5) is 5.69 Å². The smallest absolute Gasteiger partial charge is 0.264 e. The summed E-state index contributed by atoms with van der Waals surface area (Å²) in [5, 5.41) is 3.45. The fraction of sp³-hybridized carbons (Fsp3) is 0.333. The van der Waals surface area contributed by atoms with Gasteiger partial charge in [-0.05, 0) is 87.2 Å². The van der Waals surface area contributed by atoms with Crippen LogP contribution >= 0.6 is 11.6 Å². The number of hydrogen-bond donors (Lipinski definition) is 1. The van der Waals surface area contributed by atoms with Crippen molar-refractivity contribution in [1.82, 2.24) is 10.2 Å². The summed E-state index contributed by atoms with van der Waals surface area (Å²) in [5.74, 6) is -0.784. The molecule has 0 saturated heterocycles. The summed E-state index contributed by atoms with van der Waals surface area (Å²) in [7, 11) is -4.10. The van der Waals surface area contributed by atoms with Gasteiger partial charge >= 0.3 is 0 Å². The summed E-state index contributed by atoms with van der Waals surface area (Å²) >= 11 is 6.06. The van der Waals surface area contributed by atoms with Crippen molar-refractivity contribution in [2.24, 2.45) is 0 Å². The van der Waals surface area contributed by atoms with Crippen LogP contribution in [0.25, 0.3) is 0 Å². The van der Waals surface area contributed by atoms with Gasteiger partial charge in [-0.1, -0.05) is 54.9 Å². The number of nitrogens with one attached hydrogen (secondary N) is 1. The van der Waals surface area contributed by atoms with E-state index in [0.29, 0.717) is 17.1 Å². The Morgan fingerprint density at radius 1 is 0.923 bits per heavy atom. The summed E-state index contributed by atoms with van der Waals surface area (Å²) in [6.07, 6.45) is 0.354. The molecule has 0 saturated carbocycles. The molecule has 39 heavy (non-hydrogen) atoms. The summed E-state index contributed by atoms with van der Waals surface area (Å²) in [5.41, 5.74) is 2.89. The molecule has 0 bridgehead atoms. The number of anilines is 1. The highest BCUT2D eigenvalue weighted by Crippen LogP contribution is 2.27. The molecule has 1 unspecified atom stereocenters. The third kappa shape index (κ3) is 7.83. The van der Waals surface area contributed by atoms with Crippen LogP contribution in [-0.2, 0) is 26.2 Å². The molecule has 208 valence electrons. The molecule has 1 N–H and O–H groups in total. The molecule has 0 spiro atoms. The zero-order valence-electron chi connectivity index (χ0n) is 23.0. The quantitative estimate of drug-likeness (QED) is 0.331. The van der Waals surface area contributed by atoms with E-state index in [4.69, 9.17) is 11.6 Å². The molecule has 1 atom stereocenters. The molecule has 0 aliphatic carbocycles. The molecule has 0 aliphatic rings. The van der Waals surface area contributed by atoms with Crippen LogP contribution in [0.2, 0.25) is 5.02 Å². The molecule has 0 aromatic heterocycles. The summed E-state index contributed by atoms with van der Waals surface area (Å²) in [6.45, 7) is 8.93. The van der Waals surface area contributed by atoms with Crippen molar-refractivity contribution in [2.45, 2.75) is 64.6 Å². The van der Waals surface area contributed by atoms with Crippen molar-refractivity contribution in [3.8, 4) is 0 Å². The molecule has 3 rings (SSSR count). The van der Waals surface area contributed by atoms with Crippen molar-refractivity contribution in [2.75, 3.05) is 10.8 Å². The molecular formula is C30H36ClN3O4S. The van der Waals surface area contributed by atoms with Gasteiger partial charge in [-0.2, -0.15) is 0 Å². The average Bonchev–Trinajstić information content (AvgIpc) is 2.87. The van der Waals surface area contributed by atoms with Crippen LogP contribution in [0.1, 0.15) is 43.9 Å². The number of carbonyl (C=O) groups excluding carboxylic acids is 2. The Morgan fingerprint density at radius 2 is 1.51 bits per heavy atom. The van der Waals surface area contributed by atoms with Crippen molar-refractivity contribution < 1.29 is 18.0 Å². The molecule has 3 aromatic carbocycles. The predicted molar refractivity (Wildman–Crippen MR) is 156 cm³/mol. The number of sulfonamides is 1. The number of hydrogen-bond acceptors (Lipinski definition) is 4. The van der Waals surface area contributed by atoms with Crippen LogP contribution < -0.4 is 9.62 Å². The third-order valence-electron chi connectivity index (χ3n) is 6.19. The van der Waals surface area contributed by atoms with E-state index in [2.05, 4.69) is 5.32 Å². The maximum absolute atomic E-state index is 14.1. The Bertz CT molecular complexity index is 1370. The van der Waals surface area contributed by atoms with E-state index < -0.39 is 28.5 Å². The molecule has 0 heterocycles. The number of rotatable bonds is 11. The monoisotopic (exact) mass is 569 g/mol. The Kier molecular flexibility index (Phi) is 10.2. The van der Waals surface area contributed by atoms with Crippen LogP contribution in [0.5, 0.6) is 0 Å². The Hall–Kier alpha value is -3.36. The minimum Gasteiger partial charge on any atom is -0.352 e. The second-order valence-corrected chi connectivity index (χ2v) is 12.2. The normalized spacial score (nSPS) is 12.2. The second kappa shape index (κ2) is 13.1. The van der Waals surface area contributed by atoms with Gasteiger partial charge < -0.3 is 10.2 Å². The fourth-order valence-corrected chi connectivity index (χ4v) is 5.97. The van der Waals surface area contributed by atoms with Crippen LogP contribution in [0, 0.1) is 13.8 Å². The highest BCUT2D eigenvalue weighted by Gasteiger charge is 2.34. The Balaban J connectivity index is 2.08. The second-order valence-electron chi connectivity index (χ2n) is 9.91. The fourth-order valence-electron chi connectivity index (χ4n) is 4.43. The SMILES string of the molecule is CCC(C(=O)NC(C)C)N(Cc1ccc(Cl)cc1)C(=O)CN(c1cc(C)cc(C)c1)S(=O)(=O)c1ccccc1. The zero-order valence-corrected chi connectivity index (χ0v) is 24.6. The largest absolute Gasteiger partial charge is 0.352 e. The van der Waals surface area contributed by atoms with Crippen molar-refractivity contribution in [3.63, 3.8) is 0 Å². The number of nitrogens with zero attached hydrogens (tertiary/aromatic N) is 2. The average molecular weight is 570 g/mol. The van der Waals surface area contributed by atoms with Gasteiger partial charge in [0.25, 0.3) is 10.0 Å². The van der Waals surface area contributed by atoms with Gasteiger partial charge in [0.2, 0.25) is 11.8 Å². The molecule has 7 nitrogen and oxygen atoms in total. The lowest BCUT2D eigenvalue weighted by Crippen LogP contribution is -2.53. The van der Waals surface area contributed by atoms with Gasteiger partial charge in [-0.15, -0.1) is 0 Å². The first-order chi connectivity index (χ1) is 18.4. The number of benzene rings is 3. The first-order valence-electron chi connectivity index (χ1n) is 12.9. The molecule has 0 radical (unpaired) electrons. The van der Waals surface area contributed by atoms with Crippen LogP contribution in [0.3, 0.4) is 0 Å². The first kappa shape index (κ1) is 30.2. The number of aryl methyl sites for hydroxylation is 2. The van der Waals surface area contributed by atoms with Gasteiger partial charge in [-0.3, -0.25) is 13.9 Å². The highest BCUT2D eigenvalue weighted by atomic mass is 35.5. The van der Waals surface area contributed by atoms with E-state index >= 15 is 0 Å². The standard InChI is InChI=1S/C30H36ClN3O4S/c1-6-28(30(36)32-21(2)3)33(19-24-12-14-25(31)15-13-24)29(35)20-34(26-17-22(4)16-23(5)18-26)39(37,38)27-10-8-7-9-11-27/h7-18,21,28H,6,19-20H2,1-5H3,(H,32,36). The number of halogens is 1. The lowest BCUT2D eigenvalue weighted by Gasteiger charge is -2.33. The molecule has 9 heteroatoms. The Labute approximate surface area is 236 Å². The van der Waals surface area contributed by atoms with Crippen LogP contribution in [-0.4, -0.2) is 43.8 Å². The van der Waals surface area contributed by atoms with Gasteiger partial charge in [0.1, 0.15) is 12.6 Å². The molecule has 2 amide bonds. The van der Waals surface area contributed by atoms with Gasteiger partial charge in [0.15, 0.2) is 0 Å². The van der Waals surface area contributed by atoms with Crippen molar-refractivity contribution >= 4 is 39.1 Å². The van der Waals surface area contributed by atoms with E-state index in [0.717, 1.165) is 21.0 Å². The highest BCUT2D eigenvalue weighted by molar-refractivity contribution is 7.92. The van der Waals surface area contributed by atoms with E-state index in [1.807, 2.05) is 40.7 Å². The number of carbonyl (C=O) groups is 2. The predicted octanol–water partition coefficient (Wildman–Crippen LogP) is 5.48. The summed E-state index contributed by atoms with van der Waals surface area (Å²) < 4.78 is 28.9. The van der Waals surface area contributed by atoms with E-state index in [1.165, 1.54) is 17.0 Å². The summed E-state index contributed by atoms with van der Waals surface area (Å²) in [6, 6.07) is 19.6. The van der Waals surface area contributed by atoms with E-state index in [1.54, 1.807) is 54.6 Å². The number of amides is 2. The Morgan fingerprint density at radius 3 is 2.05 bits per heavy atom. The lowest BCUT2D eigenvalue weighted by atomic mass is 10.1. The minimum atomic E-state index is -4.10. The molecule has 0 aliphatic heterocycles. The van der Waals surface area contributed by atoms with Gasteiger partial charge in [0, 0.05) is 17.6 Å². The first-order valence-corrected chi connectivity index (χ1v) is 14.7. The topological polar surface area (TPSA) is 86.8 Å². The van der Waals surface area contributed by atoms with E-state index in [-0.39, 0.29) is 23.4 Å². The van der Waals surface area contributed by atoms with E-state index in [9.17, 15) is 18.0 Å². The maximum Gasteiger partial charge on any atom is 0.264 e. The molecule has 0 fully saturated rings. The maximum atomic E-state index is 14.1. The lowest BCUT2D eigenvalue weighted by molar-refractivity contribution is -0.140. The van der Waals surface area contributed by atoms with Crippen LogP contribution in [0.15, 0.2) is 77.7 Å². The zero-order chi connectivity index (χ0) is 28.7. The summed E-state index contributed by atoms with van der Waals surface area (Å²) in [4.78, 5) is 28.8. The molecule has 3 aromatic rings. The van der Waals surface area contributed by atoms with Crippen molar-refractivity contribution in [1.29, 1.82) is 0 Å². The molecular weight excluding hydrogens is 534 g/mol.